The lowest BCUT2D eigenvalue weighted by Gasteiger charge is -2.09. The molecule has 7 nitrogen and oxygen atoms in total. The molecular weight excluding hydrogens is 242 g/mol. The lowest BCUT2D eigenvalue weighted by Crippen LogP contribution is -2.13. The summed E-state index contributed by atoms with van der Waals surface area (Å²) in [6.07, 6.45) is 0.672. The zero-order valence-corrected chi connectivity index (χ0v) is 10.7. The third-order valence-corrected chi connectivity index (χ3v) is 2.87. The van der Waals surface area contributed by atoms with Gasteiger partial charge in [0.2, 0.25) is 5.95 Å². The van der Waals surface area contributed by atoms with Gasteiger partial charge in [0, 0.05) is 11.9 Å². The van der Waals surface area contributed by atoms with E-state index in [1.54, 1.807) is 0 Å². The first-order valence-corrected chi connectivity index (χ1v) is 6.20. The molecule has 0 aliphatic carbocycles. The fraction of sp³-hybridized carbons (Fsp3) is 0.667. The lowest BCUT2D eigenvalue weighted by atomic mass is 10.4. The molecule has 0 fully saturated rings. The van der Waals surface area contributed by atoms with E-state index >= 15 is 0 Å². The highest BCUT2D eigenvalue weighted by atomic mass is 32.2. The van der Waals surface area contributed by atoms with Crippen molar-refractivity contribution in [2.24, 2.45) is 5.84 Å². The minimum Gasteiger partial charge on any atom is -0.464 e. The van der Waals surface area contributed by atoms with Gasteiger partial charge in [0.25, 0.3) is 0 Å². The minimum atomic E-state index is 0.138. The molecule has 0 aromatic carbocycles. The fourth-order valence-corrected chi connectivity index (χ4v) is 1.92. The molecule has 0 spiro atoms. The number of nitrogens with one attached hydrogen (secondary N) is 1. The number of anilines is 1. The molecule has 0 aliphatic heterocycles. The van der Waals surface area contributed by atoms with Crippen LogP contribution in [0.25, 0.3) is 0 Å². The Morgan fingerprint density at radius 3 is 2.82 bits per heavy atom. The largest absolute Gasteiger partial charge is 0.464 e. The smallest absolute Gasteiger partial charge is 0.322 e. The van der Waals surface area contributed by atoms with Crippen LogP contribution in [0.1, 0.15) is 20.3 Å². The summed E-state index contributed by atoms with van der Waals surface area (Å²) in [5.41, 5.74) is 2.37. The number of ether oxygens (including phenoxy) is 1. The molecular formula is C9H17N5O2S. The van der Waals surface area contributed by atoms with Crippen LogP contribution in [0, 0.1) is 0 Å². The maximum Gasteiger partial charge on any atom is 0.322 e. The average Bonchev–Trinajstić information content (AvgIpc) is 2.29. The summed E-state index contributed by atoms with van der Waals surface area (Å²) >= 11 is 1.44. The van der Waals surface area contributed by atoms with Gasteiger partial charge in [-0.3, -0.25) is 5.43 Å². The highest BCUT2D eigenvalue weighted by Crippen LogP contribution is 2.23. The molecule has 0 bridgehead atoms. The van der Waals surface area contributed by atoms with Crippen LogP contribution in [0.5, 0.6) is 6.01 Å². The van der Waals surface area contributed by atoms with Crippen LogP contribution < -0.4 is 16.0 Å². The third kappa shape index (κ3) is 4.72. The predicted molar refractivity (Wildman–Crippen MR) is 65.8 cm³/mol. The molecule has 17 heavy (non-hydrogen) atoms. The van der Waals surface area contributed by atoms with Gasteiger partial charge in [-0.25, -0.2) is 5.84 Å². The second kappa shape index (κ2) is 7.25. The van der Waals surface area contributed by atoms with Gasteiger partial charge in [-0.1, -0.05) is 18.7 Å². The van der Waals surface area contributed by atoms with Gasteiger partial charge in [-0.05, 0) is 13.3 Å². The number of aliphatic hydroxyl groups is 1. The van der Waals surface area contributed by atoms with Crippen molar-refractivity contribution < 1.29 is 9.84 Å². The molecule has 1 aromatic rings. The number of hydrogen-bond acceptors (Lipinski definition) is 8. The third-order valence-electron chi connectivity index (χ3n) is 1.84. The standard InChI is InChI=1S/C9H17N5O2S/c1-3-16-8-11-7(14-10)12-9(13-8)17-6(2)4-5-15/h6,15H,3-5,10H2,1-2H3,(H,11,12,13,14). The van der Waals surface area contributed by atoms with Crippen molar-refractivity contribution in [2.75, 3.05) is 18.6 Å². The number of nitrogens with two attached hydrogens (primary N) is 1. The van der Waals surface area contributed by atoms with Crippen LogP contribution in [0.4, 0.5) is 5.95 Å². The molecule has 0 saturated carbocycles. The molecule has 8 heteroatoms. The number of thioether (sulfide) groups is 1. The molecule has 1 aromatic heterocycles. The molecule has 0 amide bonds. The number of aliphatic hydroxyl groups excluding tert-OH is 1. The summed E-state index contributed by atoms with van der Waals surface area (Å²) in [4.78, 5) is 12.2. The molecule has 1 rings (SSSR count). The van der Waals surface area contributed by atoms with Crippen LogP contribution in [-0.2, 0) is 0 Å². The average molecular weight is 259 g/mol. The van der Waals surface area contributed by atoms with Gasteiger partial charge in [-0.2, -0.15) is 15.0 Å². The molecule has 0 aliphatic rings. The Morgan fingerprint density at radius 2 is 2.24 bits per heavy atom. The first kappa shape index (κ1) is 13.9. The van der Waals surface area contributed by atoms with Crippen molar-refractivity contribution in [3.05, 3.63) is 0 Å². The molecule has 96 valence electrons. The Balaban J connectivity index is 2.79. The van der Waals surface area contributed by atoms with Gasteiger partial charge in [-0.15, -0.1) is 0 Å². The van der Waals surface area contributed by atoms with Crippen LogP contribution in [0.3, 0.4) is 0 Å². The van der Waals surface area contributed by atoms with E-state index in [0.29, 0.717) is 18.2 Å². The molecule has 1 heterocycles. The summed E-state index contributed by atoms with van der Waals surface area (Å²) in [5.74, 6) is 5.53. The Bertz CT molecular complexity index is 352. The Hall–Kier alpha value is -1.12. The second-order valence-corrected chi connectivity index (χ2v) is 4.65. The molecule has 1 unspecified atom stereocenters. The van der Waals surface area contributed by atoms with E-state index in [9.17, 15) is 0 Å². The van der Waals surface area contributed by atoms with Gasteiger partial charge in [0.15, 0.2) is 5.16 Å². The van der Waals surface area contributed by atoms with E-state index in [0.717, 1.165) is 0 Å². The van der Waals surface area contributed by atoms with Crippen LogP contribution in [0.15, 0.2) is 5.16 Å². The number of nitrogens with zero attached hydrogens (tertiary/aromatic N) is 3. The predicted octanol–water partition coefficient (Wildman–Crippen LogP) is 0.419. The zero-order chi connectivity index (χ0) is 12.7. The maximum absolute atomic E-state index is 8.83. The quantitative estimate of drug-likeness (QED) is 0.367. The van der Waals surface area contributed by atoms with Crippen molar-refractivity contribution in [2.45, 2.75) is 30.7 Å². The van der Waals surface area contributed by atoms with E-state index in [4.69, 9.17) is 15.7 Å². The van der Waals surface area contributed by atoms with Crippen molar-refractivity contribution in [1.29, 1.82) is 0 Å². The van der Waals surface area contributed by atoms with Crippen LogP contribution in [0.2, 0.25) is 0 Å². The van der Waals surface area contributed by atoms with Crippen molar-refractivity contribution in [1.82, 2.24) is 15.0 Å². The first-order valence-electron chi connectivity index (χ1n) is 5.32. The number of hydrazine groups is 1. The maximum atomic E-state index is 8.83. The Kier molecular flexibility index (Phi) is 5.95. The number of aromatic nitrogens is 3. The summed E-state index contributed by atoms with van der Waals surface area (Å²) in [6.45, 7) is 4.45. The van der Waals surface area contributed by atoms with E-state index in [1.807, 2.05) is 13.8 Å². The van der Waals surface area contributed by atoms with Crippen LogP contribution in [-0.4, -0.2) is 38.5 Å². The van der Waals surface area contributed by atoms with Crippen molar-refractivity contribution >= 4 is 17.7 Å². The normalized spacial score (nSPS) is 12.2. The topological polar surface area (TPSA) is 106 Å². The Labute approximate surface area is 104 Å². The number of hydrogen-bond donors (Lipinski definition) is 3. The minimum absolute atomic E-state index is 0.138. The summed E-state index contributed by atoms with van der Waals surface area (Å²) in [7, 11) is 0. The fourth-order valence-electron chi connectivity index (χ4n) is 1.07. The second-order valence-electron chi connectivity index (χ2n) is 3.24. The Morgan fingerprint density at radius 1 is 1.47 bits per heavy atom. The zero-order valence-electron chi connectivity index (χ0n) is 9.88. The summed E-state index contributed by atoms with van der Waals surface area (Å²) < 4.78 is 5.21. The molecule has 0 saturated heterocycles. The number of nitrogen functional groups attached to an aromatic ring is 1. The molecule has 0 radical (unpaired) electrons. The SMILES string of the molecule is CCOc1nc(NN)nc(SC(C)CCO)n1. The van der Waals surface area contributed by atoms with Gasteiger partial charge in [0.1, 0.15) is 0 Å². The molecule has 1 atom stereocenters. The molecule has 4 N–H and O–H groups in total. The monoisotopic (exact) mass is 259 g/mol. The van der Waals surface area contributed by atoms with E-state index in [2.05, 4.69) is 20.4 Å². The highest BCUT2D eigenvalue weighted by Gasteiger charge is 2.10. The van der Waals surface area contributed by atoms with E-state index < -0.39 is 0 Å². The van der Waals surface area contributed by atoms with Crippen molar-refractivity contribution in [3.63, 3.8) is 0 Å². The van der Waals surface area contributed by atoms with Gasteiger partial charge < -0.3 is 9.84 Å². The summed E-state index contributed by atoms with van der Waals surface area (Å²) in [6, 6.07) is 0.245. The number of rotatable bonds is 7. The van der Waals surface area contributed by atoms with E-state index in [-0.39, 0.29) is 23.8 Å². The van der Waals surface area contributed by atoms with Gasteiger partial charge >= 0.3 is 6.01 Å². The van der Waals surface area contributed by atoms with Crippen molar-refractivity contribution in [3.8, 4) is 6.01 Å². The van der Waals surface area contributed by atoms with E-state index in [1.165, 1.54) is 11.8 Å². The van der Waals surface area contributed by atoms with Gasteiger partial charge in [0.05, 0.1) is 6.61 Å². The first-order chi connectivity index (χ1) is 8.19. The highest BCUT2D eigenvalue weighted by molar-refractivity contribution is 7.99. The summed E-state index contributed by atoms with van der Waals surface area (Å²) in [5, 5.41) is 9.57. The lowest BCUT2D eigenvalue weighted by molar-refractivity contribution is 0.288. The van der Waals surface area contributed by atoms with Crippen LogP contribution >= 0.6 is 11.8 Å².